The number of imidazole rings is 1. The maximum Gasteiger partial charge on any atom is 0.221 e. The number of hydrogen-bond donors (Lipinski definition) is 1. The Morgan fingerprint density at radius 3 is 2.40 bits per heavy atom. The summed E-state index contributed by atoms with van der Waals surface area (Å²) in [5.74, 6) is 0.243. The zero-order valence-corrected chi connectivity index (χ0v) is 14.7. The fourth-order valence-corrected chi connectivity index (χ4v) is 3.83. The van der Waals surface area contributed by atoms with Crippen LogP contribution in [0.2, 0.25) is 0 Å². The maximum atomic E-state index is 12.9. The number of nitrogens with two attached hydrogens (primary N) is 1. The summed E-state index contributed by atoms with van der Waals surface area (Å²) in [6.07, 6.45) is 3.14. The first kappa shape index (κ1) is 16.9. The maximum absolute atomic E-state index is 12.9. The summed E-state index contributed by atoms with van der Waals surface area (Å²) in [4.78, 5) is 4.50. The Kier molecular flexibility index (Phi) is 4.41. The van der Waals surface area contributed by atoms with Crippen molar-refractivity contribution < 1.29 is 8.42 Å². The molecule has 6 nitrogen and oxygen atoms in total. The van der Waals surface area contributed by atoms with E-state index < -0.39 is 9.84 Å². The van der Waals surface area contributed by atoms with Crippen LogP contribution in [0.4, 0.5) is 5.95 Å². The first-order valence-corrected chi connectivity index (χ1v) is 9.13. The molecule has 0 saturated carbocycles. The summed E-state index contributed by atoms with van der Waals surface area (Å²) < 4.78 is 27.3. The lowest BCUT2D eigenvalue weighted by Gasteiger charge is -2.08. The third-order valence-electron chi connectivity index (χ3n) is 3.70. The van der Waals surface area contributed by atoms with E-state index in [-0.39, 0.29) is 15.7 Å². The minimum absolute atomic E-state index is 0.193. The molecule has 3 rings (SSSR count). The number of aromatic nitrogens is 2. The molecule has 1 aromatic heterocycles. The van der Waals surface area contributed by atoms with Crippen LogP contribution < -0.4 is 5.73 Å². The fourth-order valence-electron chi connectivity index (χ4n) is 2.40. The van der Waals surface area contributed by atoms with Crippen LogP contribution in [-0.4, -0.2) is 24.3 Å². The monoisotopic (exact) mass is 354 g/mol. The van der Waals surface area contributed by atoms with Gasteiger partial charge < -0.3 is 5.73 Å². The topological polar surface area (TPSA) is 90.3 Å². The van der Waals surface area contributed by atoms with Gasteiger partial charge in [0.25, 0.3) is 0 Å². The van der Waals surface area contributed by atoms with E-state index in [2.05, 4.69) is 10.1 Å². The number of benzene rings is 2. The molecule has 25 heavy (non-hydrogen) atoms. The van der Waals surface area contributed by atoms with Crippen LogP contribution in [0.3, 0.4) is 0 Å². The van der Waals surface area contributed by atoms with Crippen LogP contribution in [-0.2, 0) is 9.84 Å². The molecule has 0 saturated heterocycles. The Morgan fingerprint density at radius 1 is 1.08 bits per heavy atom. The van der Waals surface area contributed by atoms with Crippen LogP contribution in [0.25, 0.3) is 0 Å². The number of nitrogen functional groups attached to an aromatic ring is 1. The first-order chi connectivity index (χ1) is 11.9. The first-order valence-electron chi connectivity index (χ1n) is 7.64. The number of rotatable bonds is 4. The van der Waals surface area contributed by atoms with Gasteiger partial charge in [-0.15, -0.1) is 0 Å². The highest BCUT2D eigenvalue weighted by Gasteiger charge is 2.20. The lowest BCUT2D eigenvalue weighted by molar-refractivity contribution is 0.596. The molecule has 1 heterocycles. The van der Waals surface area contributed by atoms with Crippen molar-refractivity contribution in [2.45, 2.75) is 23.6 Å². The van der Waals surface area contributed by atoms with Crippen molar-refractivity contribution >= 4 is 22.0 Å². The van der Waals surface area contributed by atoms with E-state index in [9.17, 15) is 8.42 Å². The lowest BCUT2D eigenvalue weighted by atomic mass is 10.2. The molecule has 128 valence electrons. The minimum Gasteiger partial charge on any atom is -0.368 e. The van der Waals surface area contributed by atoms with Crippen LogP contribution in [0.15, 0.2) is 69.6 Å². The van der Waals surface area contributed by atoms with Gasteiger partial charge >= 0.3 is 0 Å². The van der Waals surface area contributed by atoms with Crippen molar-refractivity contribution in [1.29, 1.82) is 0 Å². The van der Waals surface area contributed by atoms with Crippen molar-refractivity contribution in [1.82, 2.24) is 9.66 Å². The van der Waals surface area contributed by atoms with Crippen molar-refractivity contribution in [3.05, 3.63) is 71.5 Å². The summed E-state index contributed by atoms with van der Waals surface area (Å²) >= 11 is 0. The quantitative estimate of drug-likeness (QED) is 0.730. The van der Waals surface area contributed by atoms with Crippen LogP contribution in [0.5, 0.6) is 0 Å². The third-order valence-corrected chi connectivity index (χ3v) is 5.54. The van der Waals surface area contributed by atoms with E-state index >= 15 is 0 Å². The van der Waals surface area contributed by atoms with Gasteiger partial charge in [0.05, 0.1) is 27.9 Å². The van der Waals surface area contributed by atoms with Gasteiger partial charge in [0, 0.05) is 5.56 Å². The third kappa shape index (κ3) is 3.46. The smallest absolute Gasteiger partial charge is 0.221 e. The average Bonchev–Trinajstić information content (AvgIpc) is 2.91. The molecular formula is C18H18N4O2S. The zero-order valence-electron chi connectivity index (χ0n) is 13.9. The highest BCUT2D eigenvalue weighted by atomic mass is 32.2. The summed E-state index contributed by atoms with van der Waals surface area (Å²) in [6, 6.07) is 13.5. The van der Waals surface area contributed by atoms with Crippen molar-refractivity contribution in [3.8, 4) is 0 Å². The Labute approximate surface area is 146 Å². The molecule has 0 spiro atoms. The Hall–Kier alpha value is -2.93. The SMILES string of the molecule is Cc1ccc(S(=O)(=O)c2ccccc2C=Nn2cc(C)nc2N)cc1. The van der Waals surface area contributed by atoms with E-state index in [0.29, 0.717) is 5.56 Å². The van der Waals surface area contributed by atoms with Gasteiger partial charge in [0.1, 0.15) is 0 Å². The molecule has 7 heteroatoms. The van der Waals surface area contributed by atoms with Gasteiger partial charge in [-0.05, 0) is 32.0 Å². The van der Waals surface area contributed by atoms with E-state index in [4.69, 9.17) is 5.73 Å². The summed E-state index contributed by atoms with van der Waals surface area (Å²) in [5, 5.41) is 4.22. The van der Waals surface area contributed by atoms with E-state index in [1.54, 1.807) is 61.7 Å². The highest BCUT2D eigenvalue weighted by Crippen LogP contribution is 2.23. The predicted molar refractivity (Wildman–Crippen MR) is 97.4 cm³/mol. The van der Waals surface area contributed by atoms with Gasteiger partial charge in [0.15, 0.2) is 0 Å². The van der Waals surface area contributed by atoms with Gasteiger partial charge in [-0.3, -0.25) is 0 Å². The van der Waals surface area contributed by atoms with Crippen LogP contribution in [0.1, 0.15) is 16.8 Å². The van der Waals surface area contributed by atoms with E-state index in [1.165, 1.54) is 10.9 Å². The van der Waals surface area contributed by atoms with Crippen molar-refractivity contribution in [2.75, 3.05) is 5.73 Å². The molecule has 0 aliphatic carbocycles. The second kappa shape index (κ2) is 6.52. The number of sulfone groups is 1. The van der Waals surface area contributed by atoms with Crippen LogP contribution in [0, 0.1) is 13.8 Å². The number of anilines is 1. The predicted octanol–water partition coefficient (Wildman–Crippen LogP) is 2.80. The van der Waals surface area contributed by atoms with E-state index in [1.807, 2.05) is 6.92 Å². The Bertz CT molecular complexity index is 1040. The van der Waals surface area contributed by atoms with Gasteiger partial charge in [-0.25, -0.2) is 18.1 Å². The fraction of sp³-hybridized carbons (Fsp3) is 0.111. The van der Waals surface area contributed by atoms with Gasteiger partial charge in [0.2, 0.25) is 15.8 Å². The summed E-state index contributed by atoms with van der Waals surface area (Å²) in [7, 11) is -3.64. The number of aryl methyl sites for hydroxylation is 2. The second-order valence-corrected chi connectivity index (χ2v) is 7.60. The molecule has 0 aliphatic rings. The van der Waals surface area contributed by atoms with Crippen LogP contribution >= 0.6 is 0 Å². The van der Waals surface area contributed by atoms with Crippen molar-refractivity contribution in [2.24, 2.45) is 5.10 Å². The number of nitrogens with zero attached hydrogens (tertiary/aromatic N) is 3. The highest BCUT2D eigenvalue weighted by molar-refractivity contribution is 7.91. The number of hydrogen-bond acceptors (Lipinski definition) is 5. The molecule has 2 aromatic carbocycles. The molecule has 0 amide bonds. The zero-order chi connectivity index (χ0) is 18.0. The molecular weight excluding hydrogens is 336 g/mol. The molecule has 0 radical (unpaired) electrons. The lowest BCUT2D eigenvalue weighted by Crippen LogP contribution is -2.06. The Morgan fingerprint density at radius 2 is 1.76 bits per heavy atom. The molecule has 0 atom stereocenters. The van der Waals surface area contributed by atoms with E-state index in [0.717, 1.165) is 11.3 Å². The standard InChI is InChI=1S/C18H18N4O2S/c1-13-7-9-16(10-8-13)25(23,24)17-6-4-3-5-15(17)11-20-22-12-14(2)21-18(22)19/h3-12H,1-2H3,(H2,19,21). The molecule has 0 bridgehead atoms. The Balaban J connectivity index is 2.04. The molecule has 3 aromatic rings. The normalized spacial score (nSPS) is 11.9. The van der Waals surface area contributed by atoms with Gasteiger partial charge in [-0.2, -0.15) is 5.10 Å². The largest absolute Gasteiger partial charge is 0.368 e. The molecule has 0 fully saturated rings. The summed E-state index contributed by atoms with van der Waals surface area (Å²) in [6.45, 7) is 3.71. The minimum atomic E-state index is -3.64. The van der Waals surface area contributed by atoms with Gasteiger partial charge in [-0.1, -0.05) is 35.9 Å². The average molecular weight is 354 g/mol. The molecule has 2 N–H and O–H groups in total. The van der Waals surface area contributed by atoms with Crippen molar-refractivity contribution in [3.63, 3.8) is 0 Å². The second-order valence-electron chi connectivity index (χ2n) is 5.68. The summed E-state index contributed by atoms with van der Waals surface area (Å²) in [5.41, 5.74) is 7.97. The molecule has 0 aliphatic heterocycles. The molecule has 0 unspecified atom stereocenters.